The van der Waals surface area contributed by atoms with Gasteiger partial charge in [0, 0.05) is 0 Å². The third-order valence-corrected chi connectivity index (χ3v) is 6.65. The van der Waals surface area contributed by atoms with Crippen LogP contribution >= 0.6 is 0 Å². The summed E-state index contributed by atoms with van der Waals surface area (Å²) in [6.07, 6.45) is 0.441. The van der Waals surface area contributed by atoms with Gasteiger partial charge in [0.25, 0.3) is 15.9 Å². The van der Waals surface area contributed by atoms with Crippen molar-refractivity contribution in [1.29, 1.82) is 0 Å². The van der Waals surface area contributed by atoms with Crippen LogP contribution in [0.2, 0.25) is 0 Å². The van der Waals surface area contributed by atoms with Crippen LogP contribution in [0.1, 0.15) is 11.1 Å². The highest BCUT2D eigenvalue weighted by Gasteiger charge is 2.27. The zero-order valence-corrected chi connectivity index (χ0v) is 20.7. The minimum Gasteiger partial charge on any atom is -0.493 e. The van der Waals surface area contributed by atoms with Gasteiger partial charge in [0.05, 0.1) is 31.0 Å². The monoisotopic (exact) mass is 511 g/mol. The standard InChI is InChI=1S/C25H25N3O7S/c1-18-8-7-9-20(14-18)28(36(31,32)21-10-5-4-6-11-21)17-24(29)27-26-16-19-12-13-22(23(15-19)33-2)35-25(30)34-3/h4-16H,17H2,1-3H3,(H,27,29)/b26-16-. The number of methoxy groups -OCH3 is 2. The van der Waals surface area contributed by atoms with Crippen LogP contribution in [-0.4, -0.2) is 47.5 Å². The van der Waals surface area contributed by atoms with E-state index in [1.807, 2.05) is 13.0 Å². The topological polar surface area (TPSA) is 124 Å². The van der Waals surface area contributed by atoms with Crippen molar-refractivity contribution in [1.82, 2.24) is 5.43 Å². The molecule has 0 unspecified atom stereocenters. The molecule has 0 fully saturated rings. The van der Waals surface area contributed by atoms with Gasteiger partial charge in [-0.2, -0.15) is 5.10 Å². The van der Waals surface area contributed by atoms with Gasteiger partial charge in [-0.05, 0) is 60.5 Å². The van der Waals surface area contributed by atoms with E-state index in [1.165, 1.54) is 44.7 Å². The quantitative estimate of drug-likeness (QED) is 0.202. The second-order valence-electron chi connectivity index (χ2n) is 7.42. The molecular formula is C25H25N3O7S. The van der Waals surface area contributed by atoms with Crippen molar-refractivity contribution in [3.63, 3.8) is 0 Å². The van der Waals surface area contributed by atoms with E-state index in [9.17, 15) is 18.0 Å². The van der Waals surface area contributed by atoms with Crippen molar-refractivity contribution < 1.29 is 32.2 Å². The first kappa shape index (κ1) is 26.2. The van der Waals surface area contributed by atoms with Crippen LogP contribution in [0.15, 0.2) is 82.8 Å². The first-order chi connectivity index (χ1) is 17.2. The molecule has 3 aromatic carbocycles. The van der Waals surface area contributed by atoms with E-state index >= 15 is 0 Å². The van der Waals surface area contributed by atoms with Crippen LogP contribution in [0.4, 0.5) is 10.5 Å². The number of carbonyl (C=O) groups is 2. The van der Waals surface area contributed by atoms with Crippen LogP contribution in [0, 0.1) is 6.92 Å². The molecule has 0 aliphatic heterocycles. The maximum absolute atomic E-state index is 13.3. The van der Waals surface area contributed by atoms with Gasteiger partial charge < -0.3 is 14.2 Å². The lowest BCUT2D eigenvalue weighted by molar-refractivity contribution is -0.119. The first-order valence-electron chi connectivity index (χ1n) is 10.6. The lowest BCUT2D eigenvalue weighted by Gasteiger charge is -2.24. The molecule has 0 saturated heterocycles. The third kappa shape index (κ3) is 6.60. The third-order valence-electron chi connectivity index (χ3n) is 4.86. The average Bonchev–Trinajstić information content (AvgIpc) is 2.88. The van der Waals surface area contributed by atoms with E-state index in [0.29, 0.717) is 11.3 Å². The van der Waals surface area contributed by atoms with Crippen LogP contribution in [-0.2, 0) is 19.6 Å². The number of nitrogens with zero attached hydrogens (tertiary/aromatic N) is 2. The predicted molar refractivity (Wildman–Crippen MR) is 134 cm³/mol. The lowest BCUT2D eigenvalue weighted by Crippen LogP contribution is -2.39. The number of rotatable bonds is 9. The molecule has 0 aliphatic carbocycles. The smallest absolute Gasteiger partial charge is 0.493 e. The molecule has 10 nitrogen and oxygen atoms in total. The Balaban J connectivity index is 1.77. The molecule has 3 aromatic rings. The van der Waals surface area contributed by atoms with Gasteiger partial charge in [-0.15, -0.1) is 0 Å². The zero-order chi connectivity index (χ0) is 26.1. The molecule has 11 heteroatoms. The summed E-state index contributed by atoms with van der Waals surface area (Å²) in [5.74, 6) is -0.259. The number of aryl methyl sites for hydroxylation is 1. The number of benzene rings is 3. The molecule has 0 saturated carbocycles. The highest BCUT2D eigenvalue weighted by Crippen LogP contribution is 2.28. The van der Waals surface area contributed by atoms with Crippen molar-refractivity contribution in [2.75, 3.05) is 25.1 Å². The van der Waals surface area contributed by atoms with Crippen molar-refractivity contribution in [2.24, 2.45) is 5.10 Å². The van der Waals surface area contributed by atoms with Gasteiger partial charge in [-0.1, -0.05) is 30.3 Å². The number of hydrogen-bond acceptors (Lipinski definition) is 8. The number of hydrazone groups is 1. The van der Waals surface area contributed by atoms with Crippen molar-refractivity contribution in [3.8, 4) is 11.5 Å². The minimum atomic E-state index is -4.02. The summed E-state index contributed by atoms with van der Waals surface area (Å²) in [6, 6.07) is 19.3. The summed E-state index contributed by atoms with van der Waals surface area (Å²) in [4.78, 5) is 24.1. The fourth-order valence-electron chi connectivity index (χ4n) is 3.14. The number of carbonyl (C=O) groups excluding carboxylic acids is 2. The second kappa shape index (κ2) is 11.8. The molecular weight excluding hydrogens is 486 g/mol. The van der Waals surface area contributed by atoms with E-state index < -0.39 is 28.6 Å². The van der Waals surface area contributed by atoms with Crippen molar-refractivity contribution in [2.45, 2.75) is 11.8 Å². The number of nitrogens with one attached hydrogen (secondary N) is 1. The molecule has 0 aliphatic rings. The molecule has 1 N–H and O–H groups in total. The molecule has 0 atom stereocenters. The maximum Gasteiger partial charge on any atom is 0.513 e. The number of hydrogen-bond donors (Lipinski definition) is 1. The largest absolute Gasteiger partial charge is 0.513 e. The molecule has 0 bridgehead atoms. The van der Waals surface area contributed by atoms with E-state index in [1.54, 1.807) is 42.5 Å². The summed E-state index contributed by atoms with van der Waals surface area (Å²) in [5, 5.41) is 3.91. The fourth-order valence-corrected chi connectivity index (χ4v) is 4.58. The van der Waals surface area contributed by atoms with Crippen LogP contribution < -0.4 is 19.2 Å². The first-order valence-corrected chi connectivity index (χ1v) is 12.1. The van der Waals surface area contributed by atoms with Crippen LogP contribution in [0.25, 0.3) is 0 Å². The Hall–Kier alpha value is -4.38. The zero-order valence-electron chi connectivity index (χ0n) is 19.9. The highest BCUT2D eigenvalue weighted by atomic mass is 32.2. The Morgan fingerprint density at radius 3 is 2.39 bits per heavy atom. The number of ether oxygens (including phenoxy) is 3. The molecule has 0 radical (unpaired) electrons. The highest BCUT2D eigenvalue weighted by molar-refractivity contribution is 7.92. The van der Waals surface area contributed by atoms with Crippen molar-refractivity contribution in [3.05, 3.63) is 83.9 Å². The molecule has 1 amide bonds. The number of amides is 1. The van der Waals surface area contributed by atoms with Crippen LogP contribution in [0.5, 0.6) is 11.5 Å². The second-order valence-corrected chi connectivity index (χ2v) is 9.29. The molecule has 36 heavy (non-hydrogen) atoms. The van der Waals surface area contributed by atoms with Gasteiger partial charge in [-0.3, -0.25) is 9.10 Å². The maximum atomic E-state index is 13.3. The fraction of sp³-hybridized carbons (Fsp3) is 0.160. The SMILES string of the molecule is COC(=O)Oc1ccc(/C=N\NC(=O)CN(c2cccc(C)c2)S(=O)(=O)c2ccccc2)cc1OC. The Morgan fingerprint density at radius 2 is 1.72 bits per heavy atom. The van der Waals surface area contributed by atoms with E-state index in [-0.39, 0.29) is 16.4 Å². The van der Waals surface area contributed by atoms with Gasteiger partial charge >= 0.3 is 6.16 Å². The number of sulfonamides is 1. The Kier molecular flexibility index (Phi) is 8.63. The van der Waals surface area contributed by atoms with Gasteiger partial charge in [0.1, 0.15) is 6.54 Å². The number of anilines is 1. The molecule has 0 aromatic heterocycles. The summed E-state index contributed by atoms with van der Waals surface area (Å²) in [6.45, 7) is 1.34. The summed E-state index contributed by atoms with van der Waals surface area (Å²) >= 11 is 0. The predicted octanol–water partition coefficient (Wildman–Crippen LogP) is 3.49. The van der Waals surface area contributed by atoms with Gasteiger partial charge in [0.15, 0.2) is 11.5 Å². The average molecular weight is 512 g/mol. The Morgan fingerprint density at radius 1 is 0.972 bits per heavy atom. The summed E-state index contributed by atoms with van der Waals surface area (Å²) in [5.41, 5.74) is 4.06. The van der Waals surface area contributed by atoms with E-state index in [2.05, 4.69) is 15.3 Å². The normalized spacial score (nSPS) is 11.1. The van der Waals surface area contributed by atoms with E-state index in [4.69, 9.17) is 9.47 Å². The summed E-state index contributed by atoms with van der Waals surface area (Å²) < 4.78 is 42.3. The minimum absolute atomic E-state index is 0.0594. The lowest BCUT2D eigenvalue weighted by atomic mass is 10.2. The van der Waals surface area contributed by atoms with Crippen LogP contribution in [0.3, 0.4) is 0 Å². The molecule has 0 spiro atoms. The Bertz CT molecular complexity index is 1360. The van der Waals surface area contributed by atoms with Crippen molar-refractivity contribution >= 4 is 34.0 Å². The molecule has 0 heterocycles. The molecule has 3 rings (SSSR count). The summed E-state index contributed by atoms with van der Waals surface area (Å²) in [7, 11) is -1.43. The van der Waals surface area contributed by atoms with Gasteiger partial charge in [-0.25, -0.2) is 18.6 Å². The molecule has 188 valence electrons. The Labute approximate surface area is 209 Å². The van der Waals surface area contributed by atoms with E-state index in [0.717, 1.165) is 9.87 Å². The van der Waals surface area contributed by atoms with Gasteiger partial charge in [0.2, 0.25) is 0 Å².